The van der Waals surface area contributed by atoms with Crippen LogP contribution in [0.5, 0.6) is 0 Å². The molecule has 0 heterocycles. The molecule has 1 amide bonds. The normalized spacial score (nSPS) is 10.7. The second-order valence-electron chi connectivity index (χ2n) is 4.64. The standard InChI is InChI=1S/C17H13BrFN3O/c18-14-3-1-12(2-4-14)10-21-11-13(9-20)17(23)22-16-7-5-15(19)6-8-16/h1-8,11,21H,10H2,(H,22,23)/b13-11-. The van der Waals surface area contributed by atoms with Crippen LogP contribution in [0.3, 0.4) is 0 Å². The van der Waals surface area contributed by atoms with Crippen molar-refractivity contribution in [3.8, 4) is 6.07 Å². The predicted octanol–water partition coefficient (Wildman–Crippen LogP) is 3.72. The van der Waals surface area contributed by atoms with E-state index in [1.165, 1.54) is 30.5 Å². The Labute approximate surface area is 141 Å². The van der Waals surface area contributed by atoms with E-state index >= 15 is 0 Å². The molecule has 0 unspecified atom stereocenters. The third-order valence-electron chi connectivity index (χ3n) is 2.93. The number of nitrogens with zero attached hydrogens (tertiary/aromatic N) is 1. The number of anilines is 1. The van der Waals surface area contributed by atoms with Crippen molar-refractivity contribution in [3.05, 3.63) is 76.2 Å². The van der Waals surface area contributed by atoms with Crippen LogP contribution in [0, 0.1) is 17.1 Å². The second-order valence-corrected chi connectivity index (χ2v) is 5.55. The zero-order chi connectivity index (χ0) is 16.7. The molecule has 0 bridgehead atoms. The number of carbonyl (C=O) groups is 1. The Bertz CT molecular complexity index is 749. The molecule has 2 aromatic rings. The van der Waals surface area contributed by atoms with Crippen molar-refractivity contribution in [2.24, 2.45) is 0 Å². The summed E-state index contributed by atoms with van der Waals surface area (Å²) in [5, 5.41) is 14.5. The van der Waals surface area contributed by atoms with Gasteiger partial charge in [-0.2, -0.15) is 5.26 Å². The fraction of sp³-hybridized carbons (Fsp3) is 0.0588. The van der Waals surface area contributed by atoms with E-state index in [2.05, 4.69) is 26.6 Å². The maximum Gasteiger partial charge on any atom is 0.267 e. The first-order valence-corrected chi connectivity index (χ1v) is 7.53. The molecule has 2 rings (SSSR count). The van der Waals surface area contributed by atoms with E-state index in [-0.39, 0.29) is 5.57 Å². The minimum atomic E-state index is -0.553. The molecular formula is C17H13BrFN3O. The van der Waals surface area contributed by atoms with Crippen molar-refractivity contribution in [2.75, 3.05) is 5.32 Å². The fourth-order valence-electron chi connectivity index (χ4n) is 1.75. The zero-order valence-electron chi connectivity index (χ0n) is 12.0. The van der Waals surface area contributed by atoms with E-state index in [4.69, 9.17) is 5.26 Å². The SMILES string of the molecule is N#C/C(=C/NCc1ccc(Br)cc1)C(=O)Nc1ccc(F)cc1. The van der Waals surface area contributed by atoms with Gasteiger partial charge in [0.15, 0.2) is 0 Å². The summed E-state index contributed by atoms with van der Waals surface area (Å²) in [6, 6.07) is 14.8. The number of benzene rings is 2. The fourth-order valence-corrected chi connectivity index (χ4v) is 2.02. The van der Waals surface area contributed by atoms with Crippen molar-refractivity contribution in [2.45, 2.75) is 6.54 Å². The van der Waals surface area contributed by atoms with Gasteiger partial charge in [0, 0.05) is 22.9 Å². The predicted molar refractivity (Wildman–Crippen MR) is 89.7 cm³/mol. The molecular weight excluding hydrogens is 361 g/mol. The molecule has 0 aliphatic rings. The van der Waals surface area contributed by atoms with E-state index in [9.17, 15) is 9.18 Å². The molecule has 0 saturated heterocycles. The summed E-state index contributed by atoms with van der Waals surface area (Å²) in [5.74, 6) is -0.947. The molecule has 0 saturated carbocycles. The smallest absolute Gasteiger partial charge is 0.267 e. The Hall–Kier alpha value is -2.65. The van der Waals surface area contributed by atoms with Crippen LogP contribution in [0.4, 0.5) is 10.1 Å². The molecule has 4 nitrogen and oxygen atoms in total. The molecule has 116 valence electrons. The summed E-state index contributed by atoms with van der Waals surface area (Å²) in [5.41, 5.74) is 1.37. The van der Waals surface area contributed by atoms with Crippen molar-refractivity contribution < 1.29 is 9.18 Å². The van der Waals surface area contributed by atoms with Gasteiger partial charge in [-0.1, -0.05) is 28.1 Å². The number of halogens is 2. The maximum absolute atomic E-state index is 12.8. The first-order valence-electron chi connectivity index (χ1n) is 6.73. The highest BCUT2D eigenvalue weighted by Crippen LogP contribution is 2.11. The van der Waals surface area contributed by atoms with Gasteiger partial charge in [0.1, 0.15) is 17.5 Å². The lowest BCUT2D eigenvalue weighted by molar-refractivity contribution is -0.112. The molecule has 0 atom stereocenters. The Kier molecular flexibility index (Phi) is 5.89. The Morgan fingerprint density at radius 2 is 1.83 bits per heavy atom. The number of nitrogens with one attached hydrogen (secondary N) is 2. The van der Waals surface area contributed by atoms with Crippen LogP contribution in [0.1, 0.15) is 5.56 Å². The summed E-state index contributed by atoms with van der Waals surface area (Å²) in [7, 11) is 0. The van der Waals surface area contributed by atoms with Crippen LogP contribution in [0.15, 0.2) is 64.8 Å². The minimum Gasteiger partial charge on any atom is -0.386 e. The van der Waals surface area contributed by atoms with E-state index in [1.54, 1.807) is 0 Å². The van der Waals surface area contributed by atoms with E-state index in [0.717, 1.165) is 10.0 Å². The number of amides is 1. The van der Waals surface area contributed by atoms with Gasteiger partial charge < -0.3 is 10.6 Å². The molecule has 0 radical (unpaired) electrons. The molecule has 0 spiro atoms. The van der Waals surface area contributed by atoms with Crippen LogP contribution in [-0.4, -0.2) is 5.91 Å². The summed E-state index contributed by atoms with van der Waals surface area (Å²) in [4.78, 5) is 12.0. The topological polar surface area (TPSA) is 64.9 Å². The zero-order valence-corrected chi connectivity index (χ0v) is 13.6. The molecule has 0 aliphatic heterocycles. The quantitative estimate of drug-likeness (QED) is 0.619. The van der Waals surface area contributed by atoms with Crippen molar-refractivity contribution in [3.63, 3.8) is 0 Å². The third-order valence-corrected chi connectivity index (χ3v) is 3.46. The van der Waals surface area contributed by atoms with Crippen LogP contribution in [0.25, 0.3) is 0 Å². The summed E-state index contributed by atoms with van der Waals surface area (Å²) >= 11 is 3.35. The Morgan fingerprint density at radius 3 is 2.43 bits per heavy atom. The Morgan fingerprint density at radius 1 is 1.17 bits per heavy atom. The molecule has 2 aromatic carbocycles. The van der Waals surface area contributed by atoms with Crippen LogP contribution < -0.4 is 10.6 Å². The number of nitriles is 1. The van der Waals surface area contributed by atoms with E-state index < -0.39 is 11.7 Å². The van der Waals surface area contributed by atoms with Crippen molar-refractivity contribution in [1.29, 1.82) is 5.26 Å². The van der Waals surface area contributed by atoms with Gasteiger partial charge in [-0.3, -0.25) is 4.79 Å². The lowest BCUT2D eigenvalue weighted by Crippen LogP contribution is -2.16. The first-order chi connectivity index (χ1) is 11.1. The highest BCUT2D eigenvalue weighted by Gasteiger charge is 2.09. The van der Waals surface area contributed by atoms with Gasteiger partial charge in [-0.15, -0.1) is 0 Å². The molecule has 6 heteroatoms. The molecule has 0 aromatic heterocycles. The Balaban J connectivity index is 1.95. The average Bonchev–Trinajstić information content (AvgIpc) is 2.55. The van der Waals surface area contributed by atoms with E-state index in [0.29, 0.717) is 12.2 Å². The number of hydrogen-bond acceptors (Lipinski definition) is 3. The first kappa shape index (κ1) is 16.7. The van der Waals surface area contributed by atoms with Crippen molar-refractivity contribution >= 4 is 27.5 Å². The maximum atomic E-state index is 12.8. The van der Waals surface area contributed by atoms with E-state index in [1.807, 2.05) is 30.3 Å². The minimum absolute atomic E-state index is 0.0635. The largest absolute Gasteiger partial charge is 0.386 e. The molecule has 2 N–H and O–H groups in total. The molecule has 0 fully saturated rings. The highest BCUT2D eigenvalue weighted by molar-refractivity contribution is 9.10. The van der Waals surface area contributed by atoms with Gasteiger partial charge in [0.05, 0.1) is 0 Å². The van der Waals surface area contributed by atoms with Gasteiger partial charge in [-0.05, 0) is 42.0 Å². The van der Waals surface area contributed by atoms with Crippen molar-refractivity contribution in [1.82, 2.24) is 5.32 Å². The van der Waals surface area contributed by atoms with Crippen LogP contribution in [-0.2, 0) is 11.3 Å². The highest BCUT2D eigenvalue weighted by atomic mass is 79.9. The monoisotopic (exact) mass is 373 g/mol. The van der Waals surface area contributed by atoms with Crippen LogP contribution in [0.2, 0.25) is 0 Å². The summed E-state index contributed by atoms with van der Waals surface area (Å²) < 4.78 is 13.8. The number of carbonyl (C=O) groups excluding carboxylic acids is 1. The third kappa shape index (κ3) is 5.24. The average molecular weight is 374 g/mol. The lowest BCUT2D eigenvalue weighted by atomic mass is 10.2. The van der Waals surface area contributed by atoms with Crippen LogP contribution >= 0.6 is 15.9 Å². The van der Waals surface area contributed by atoms with Gasteiger partial charge in [0.2, 0.25) is 0 Å². The molecule has 23 heavy (non-hydrogen) atoms. The van der Waals surface area contributed by atoms with Gasteiger partial charge >= 0.3 is 0 Å². The number of rotatable bonds is 5. The molecule has 0 aliphatic carbocycles. The summed E-state index contributed by atoms with van der Waals surface area (Å²) in [6.45, 7) is 0.488. The second kappa shape index (κ2) is 8.11. The summed E-state index contributed by atoms with van der Waals surface area (Å²) in [6.07, 6.45) is 1.36. The van der Waals surface area contributed by atoms with Gasteiger partial charge in [0.25, 0.3) is 5.91 Å². The number of hydrogen-bond donors (Lipinski definition) is 2. The lowest BCUT2D eigenvalue weighted by Gasteiger charge is -2.05. The van der Waals surface area contributed by atoms with Gasteiger partial charge in [-0.25, -0.2) is 4.39 Å².